The highest BCUT2D eigenvalue weighted by atomic mass is 16.6. The lowest BCUT2D eigenvalue weighted by atomic mass is 9.86. The van der Waals surface area contributed by atoms with Crippen LogP contribution >= 0.6 is 0 Å². The number of ether oxygens (including phenoxy) is 3. The van der Waals surface area contributed by atoms with Crippen molar-refractivity contribution in [1.82, 2.24) is 9.80 Å². The van der Waals surface area contributed by atoms with Gasteiger partial charge in [-0.2, -0.15) is 0 Å². The molecule has 2 aliphatic heterocycles. The van der Waals surface area contributed by atoms with Gasteiger partial charge in [-0.3, -0.25) is 4.79 Å². The molecule has 0 spiro atoms. The van der Waals surface area contributed by atoms with Crippen molar-refractivity contribution in [1.29, 1.82) is 0 Å². The molecule has 5 rings (SSSR count). The van der Waals surface area contributed by atoms with Crippen LogP contribution in [0.15, 0.2) is 48.5 Å². The number of rotatable bonds is 8. The van der Waals surface area contributed by atoms with Crippen molar-refractivity contribution in [2.45, 2.75) is 76.5 Å². The Balaban J connectivity index is 1.35. The standard InChI is InChI=1S/C33H42N2O7/c1-33(2,3)42-32(39)35-17-8-14-28(35)27-20-40-19-16-29(27)34(18-9-15-30(36)37)31(38)41-21-26-24-12-6-4-10-22(24)23-11-5-7-13-25(23)26/h4-7,10-13,26-29H,8-9,14-21H2,1-3H3,(H,36,37). The molecule has 2 aromatic carbocycles. The van der Waals surface area contributed by atoms with Gasteiger partial charge in [0.2, 0.25) is 0 Å². The first-order valence-electron chi connectivity index (χ1n) is 15.0. The summed E-state index contributed by atoms with van der Waals surface area (Å²) in [6.07, 6.45) is 1.67. The van der Waals surface area contributed by atoms with Gasteiger partial charge in [0.15, 0.2) is 0 Å². The van der Waals surface area contributed by atoms with Crippen molar-refractivity contribution in [3.8, 4) is 11.1 Å². The number of likely N-dealkylation sites (tertiary alicyclic amines) is 1. The van der Waals surface area contributed by atoms with Gasteiger partial charge in [0, 0.05) is 50.0 Å². The Labute approximate surface area is 247 Å². The molecule has 42 heavy (non-hydrogen) atoms. The third-order valence-corrected chi connectivity index (χ3v) is 8.54. The molecule has 0 bridgehead atoms. The summed E-state index contributed by atoms with van der Waals surface area (Å²) in [5, 5.41) is 9.31. The van der Waals surface area contributed by atoms with Crippen LogP contribution in [-0.2, 0) is 19.0 Å². The van der Waals surface area contributed by atoms with Crippen LogP contribution in [0.1, 0.15) is 69.9 Å². The van der Waals surface area contributed by atoms with Crippen LogP contribution in [0.3, 0.4) is 0 Å². The van der Waals surface area contributed by atoms with E-state index in [1.54, 1.807) is 9.80 Å². The topological polar surface area (TPSA) is 106 Å². The Morgan fingerprint density at radius 3 is 2.33 bits per heavy atom. The summed E-state index contributed by atoms with van der Waals surface area (Å²) in [6, 6.07) is 16.0. The molecule has 3 aliphatic rings. The van der Waals surface area contributed by atoms with E-state index in [9.17, 15) is 19.5 Å². The minimum atomic E-state index is -0.905. The third kappa shape index (κ3) is 6.56. The molecule has 3 atom stereocenters. The van der Waals surface area contributed by atoms with E-state index in [2.05, 4.69) is 24.3 Å². The van der Waals surface area contributed by atoms with E-state index in [0.29, 0.717) is 32.6 Å². The van der Waals surface area contributed by atoms with Crippen LogP contribution in [-0.4, -0.2) is 83.7 Å². The quantitative estimate of drug-likeness (QED) is 0.415. The lowest BCUT2D eigenvalue weighted by Gasteiger charge is -2.44. The molecule has 9 nitrogen and oxygen atoms in total. The molecule has 226 valence electrons. The number of nitrogens with zero attached hydrogens (tertiary/aromatic N) is 2. The van der Waals surface area contributed by atoms with Gasteiger partial charge in [-0.1, -0.05) is 48.5 Å². The van der Waals surface area contributed by atoms with E-state index in [1.807, 2.05) is 45.0 Å². The molecule has 0 saturated carbocycles. The Hall–Kier alpha value is -3.59. The highest BCUT2D eigenvalue weighted by molar-refractivity contribution is 5.79. The van der Waals surface area contributed by atoms with Crippen molar-refractivity contribution in [2.75, 3.05) is 32.9 Å². The molecule has 1 N–H and O–H groups in total. The summed E-state index contributed by atoms with van der Waals surface area (Å²) in [5.74, 6) is -1.12. The van der Waals surface area contributed by atoms with Crippen LogP contribution < -0.4 is 0 Å². The first-order chi connectivity index (χ1) is 20.1. The molecular weight excluding hydrogens is 536 g/mol. The second kappa shape index (κ2) is 12.7. The van der Waals surface area contributed by atoms with Gasteiger partial charge in [0.05, 0.1) is 6.61 Å². The fourth-order valence-electron chi connectivity index (χ4n) is 6.76. The molecule has 3 unspecified atom stereocenters. The number of hydrogen-bond acceptors (Lipinski definition) is 6. The summed E-state index contributed by atoms with van der Waals surface area (Å²) in [4.78, 5) is 41.8. The number of carbonyl (C=O) groups excluding carboxylic acids is 2. The predicted molar refractivity (Wildman–Crippen MR) is 157 cm³/mol. The van der Waals surface area contributed by atoms with E-state index in [-0.39, 0.29) is 49.6 Å². The summed E-state index contributed by atoms with van der Waals surface area (Å²) in [6.45, 7) is 7.46. The van der Waals surface area contributed by atoms with Crippen LogP contribution in [0, 0.1) is 5.92 Å². The minimum absolute atomic E-state index is 0.0471. The number of carboxylic acids is 1. The average molecular weight is 579 g/mol. The first-order valence-corrected chi connectivity index (χ1v) is 15.0. The van der Waals surface area contributed by atoms with Crippen LogP contribution in [0.2, 0.25) is 0 Å². The van der Waals surface area contributed by atoms with E-state index < -0.39 is 17.7 Å². The average Bonchev–Trinajstić information content (AvgIpc) is 3.57. The van der Waals surface area contributed by atoms with Crippen LogP contribution in [0.4, 0.5) is 9.59 Å². The van der Waals surface area contributed by atoms with Crippen molar-refractivity contribution >= 4 is 18.2 Å². The fourth-order valence-corrected chi connectivity index (χ4v) is 6.76. The lowest BCUT2D eigenvalue weighted by Crippen LogP contribution is -2.56. The molecule has 2 aromatic rings. The Bertz CT molecular complexity index is 1240. The predicted octanol–water partition coefficient (Wildman–Crippen LogP) is 5.91. The largest absolute Gasteiger partial charge is 0.481 e. The summed E-state index contributed by atoms with van der Waals surface area (Å²) in [5.41, 5.74) is 3.95. The summed E-state index contributed by atoms with van der Waals surface area (Å²) >= 11 is 0. The van der Waals surface area contributed by atoms with Crippen molar-refractivity contribution in [3.63, 3.8) is 0 Å². The highest BCUT2D eigenvalue weighted by Gasteiger charge is 2.45. The second-order valence-electron chi connectivity index (χ2n) is 12.5. The molecule has 1 aliphatic carbocycles. The van der Waals surface area contributed by atoms with Crippen molar-refractivity contribution in [3.05, 3.63) is 59.7 Å². The Morgan fingerprint density at radius 2 is 1.69 bits per heavy atom. The third-order valence-electron chi connectivity index (χ3n) is 8.54. The van der Waals surface area contributed by atoms with Gasteiger partial charge in [-0.25, -0.2) is 9.59 Å². The zero-order valence-corrected chi connectivity index (χ0v) is 24.8. The van der Waals surface area contributed by atoms with Gasteiger partial charge < -0.3 is 29.1 Å². The number of benzene rings is 2. The van der Waals surface area contributed by atoms with Gasteiger partial charge in [0.1, 0.15) is 12.2 Å². The first kappa shape index (κ1) is 29.9. The summed E-state index contributed by atoms with van der Waals surface area (Å²) < 4.78 is 17.7. The molecule has 2 fully saturated rings. The molecule has 2 heterocycles. The zero-order valence-electron chi connectivity index (χ0n) is 24.8. The lowest BCUT2D eigenvalue weighted by molar-refractivity contribution is -0.137. The number of carbonyl (C=O) groups is 3. The molecule has 9 heteroatoms. The van der Waals surface area contributed by atoms with Crippen molar-refractivity contribution < 1.29 is 33.7 Å². The summed E-state index contributed by atoms with van der Waals surface area (Å²) in [7, 11) is 0. The number of carboxylic acid groups (broad SMARTS) is 1. The second-order valence-corrected chi connectivity index (χ2v) is 12.5. The van der Waals surface area contributed by atoms with Gasteiger partial charge in [-0.15, -0.1) is 0 Å². The smallest absolute Gasteiger partial charge is 0.410 e. The van der Waals surface area contributed by atoms with E-state index in [4.69, 9.17) is 14.2 Å². The highest BCUT2D eigenvalue weighted by Crippen LogP contribution is 2.44. The monoisotopic (exact) mass is 578 g/mol. The van der Waals surface area contributed by atoms with E-state index in [0.717, 1.165) is 35.1 Å². The van der Waals surface area contributed by atoms with Gasteiger partial charge in [-0.05, 0) is 68.7 Å². The maximum Gasteiger partial charge on any atom is 0.410 e. The number of hydrogen-bond donors (Lipinski definition) is 1. The van der Waals surface area contributed by atoms with E-state index >= 15 is 0 Å². The molecule has 2 saturated heterocycles. The van der Waals surface area contributed by atoms with Gasteiger partial charge in [0.25, 0.3) is 0 Å². The molecule has 0 aromatic heterocycles. The fraction of sp³-hybridized carbons (Fsp3) is 0.545. The van der Waals surface area contributed by atoms with E-state index in [1.165, 1.54) is 0 Å². The molecular formula is C33H42N2O7. The minimum Gasteiger partial charge on any atom is -0.481 e. The van der Waals surface area contributed by atoms with Gasteiger partial charge >= 0.3 is 18.2 Å². The van der Waals surface area contributed by atoms with Crippen LogP contribution in [0.25, 0.3) is 11.1 Å². The van der Waals surface area contributed by atoms with Crippen molar-refractivity contribution in [2.24, 2.45) is 5.92 Å². The Morgan fingerprint density at radius 1 is 1.02 bits per heavy atom. The SMILES string of the molecule is CC(C)(C)OC(=O)N1CCCC1C1COCCC1N(CCCC(=O)O)C(=O)OCC1c2ccccc2-c2ccccc21. The molecule has 2 amide bonds. The number of fused-ring (bicyclic) bond motifs is 3. The maximum absolute atomic E-state index is 13.9. The Kier molecular flexibility index (Phi) is 9.06. The maximum atomic E-state index is 13.9. The van der Waals surface area contributed by atoms with Crippen LogP contribution in [0.5, 0.6) is 0 Å². The molecule has 0 radical (unpaired) electrons. The number of amides is 2. The number of aliphatic carboxylic acids is 1. The zero-order chi connectivity index (χ0) is 29.9. The normalized spacial score (nSPS) is 21.9.